The topological polar surface area (TPSA) is 68.1 Å². The molecule has 0 bridgehead atoms. The highest BCUT2D eigenvalue weighted by molar-refractivity contribution is 7.09. The van der Waals surface area contributed by atoms with Gasteiger partial charge in [0.2, 0.25) is 5.91 Å². The van der Waals surface area contributed by atoms with Gasteiger partial charge in [-0.1, -0.05) is 26.0 Å². The molecule has 136 valence electrons. The van der Waals surface area contributed by atoms with Crippen LogP contribution in [-0.4, -0.2) is 32.4 Å². The number of benzene rings is 1. The molecule has 0 atom stereocenters. The Bertz CT molecular complexity index is 1010. The van der Waals surface area contributed by atoms with E-state index in [1.165, 1.54) is 4.57 Å². The fraction of sp³-hybridized carbons (Fsp3) is 0.368. The van der Waals surface area contributed by atoms with Gasteiger partial charge in [0.25, 0.3) is 5.56 Å². The van der Waals surface area contributed by atoms with Crippen molar-refractivity contribution >= 4 is 28.3 Å². The first-order valence-electron chi connectivity index (χ1n) is 8.51. The summed E-state index contributed by atoms with van der Waals surface area (Å²) in [6.07, 6.45) is 0. The van der Waals surface area contributed by atoms with Crippen molar-refractivity contribution in [1.82, 2.24) is 19.4 Å². The Labute approximate surface area is 156 Å². The molecular weight excluding hydrogens is 348 g/mol. The van der Waals surface area contributed by atoms with Crippen molar-refractivity contribution in [3.8, 4) is 0 Å². The molecule has 0 aliphatic rings. The molecule has 1 amide bonds. The van der Waals surface area contributed by atoms with E-state index < -0.39 is 0 Å². The minimum Gasteiger partial charge on any atom is -0.338 e. The van der Waals surface area contributed by atoms with Gasteiger partial charge in [0, 0.05) is 18.3 Å². The first kappa shape index (κ1) is 18.3. The second kappa shape index (κ2) is 7.37. The van der Waals surface area contributed by atoms with Crippen LogP contribution in [-0.2, 0) is 17.9 Å². The van der Waals surface area contributed by atoms with Gasteiger partial charge in [-0.2, -0.15) is 0 Å². The van der Waals surface area contributed by atoms with E-state index in [9.17, 15) is 9.59 Å². The second-order valence-electron chi connectivity index (χ2n) is 6.66. The van der Waals surface area contributed by atoms with Crippen LogP contribution < -0.4 is 5.56 Å². The second-order valence-corrected chi connectivity index (χ2v) is 7.55. The lowest BCUT2D eigenvalue weighted by atomic mass is 10.2. The van der Waals surface area contributed by atoms with E-state index in [0.29, 0.717) is 29.2 Å². The number of para-hydroxylation sites is 2. The maximum atomic E-state index is 12.7. The van der Waals surface area contributed by atoms with Crippen LogP contribution in [0.2, 0.25) is 0 Å². The third kappa shape index (κ3) is 3.67. The molecule has 0 saturated heterocycles. The van der Waals surface area contributed by atoms with E-state index in [-0.39, 0.29) is 18.0 Å². The smallest absolute Gasteiger partial charge is 0.272 e. The van der Waals surface area contributed by atoms with Crippen molar-refractivity contribution in [3.63, 3.8) is 0 Å². The molecule has 0 N–H and O–H groups in total. The molecule has 0 aliphatic carbocycles. The van der Waals surface area contributed by atoms with E-state index in [1.54, 1.807) is 30.2 Å². The van der Waals surface area contributed by atoms with E-state index in [1.807, 2.05) is 29.6 Å². The number of hydrogen-bond donors (Lipinski definition) is 0. The van der Waals surface area contributed by atoms with Crippen molar-refractivity contribution in [2.24, 2.45) is 0 Å². The summed E-state index contributed by atoms with van der Waals surface area (Å²) in [7, 11) is 1.73. The Morgan fingerprint density at radius 3 is 2.69 bits per heavy atom. The Balaban J connectivity index is 1.82. The van der Waals surface area contributed by atoms with Gasteiger partial charge in [-0.15, -0.1) is 11.3 Å². The number of aryl methyl sites for hydroxylation is 1. The molecule has 1 aromatic carbocycles. The van der Waals surface area contributed by atoms with Gasteiger partial charge in [0.1, 0.15) is 12.2 Å². The highest BCUT2D eigenvalue weighted by Crippen LogP contribution is 2.20. The van der Waals surface area contributed by atoms with Crippen LogP contribution in [0.3, 0.4) is 0 Å². The molecule has 3 rings (SSSR count). The Hall–Kier alpha value is -2.54. The highest BCUT2D eigenvalue weighted by Gasteiger charge is 2.16. The first-order chi connectivity index (χ1) is 12.4. The summed E-state index contributed by atoms with van der Waals surface area (Å²) in [6, 6.07) is 7.36. The Morgan fingerprint density at radius 2 is 2.00 bits per heavy atom. The lowest BCUT2D eigenvalue weighted by molar-refractivity contribution is -0.131. The summed E-state index contributed by atoms with van der Waals surface area (Å²) in [5, 5.41) is 3.05. The van der Waals surface area contributed by atoms with E-state index in [0.717, 1.165) is 10.7 Å². The van der Waals surface area contributed by atoms with Gasteiger partial charge < -0.3 is 4.90 Å². The van der Waals surface area contributed by atoms with E-state index in [2.05, 4.69) is 23.8 Å². The molecule has 0 fully saturated rings. The zero-order chi connectivity index (χ0) is 18.8. The van der Waals surface area contributed by atoms with Crippen molar-refractivity contribution in [1.29, 1.82) is 0 Å². The van der Waals surface area contributed by atoms with Gasteiger partial charge in [-0.25, -0.2) is 9.97 Å². The van der Waals surface area contributed by atoms with Crippen molar-refractivity contribution < 1.29 is 4.79 Å². The van der Waals surface area contributed by atoms with Gasteiger partial charge in [-0.3, -0.25) is 14.2 Å². The number of fused-ring (bicyclic) bond motifs is 1. The Kier molecular flexibility index (Phi) is 5.18. The molecule has 0 saturated carbocycles. The number of aromatic nitrogens is 3. The van der Waals surface area contributed by atoms with Crippen LogP contribution in [0.1, 0.15) is 36.2 Å². The lowest BCUT2D eigenvalue weighted by Gasteiger charge is -2.18. The maximum Gasteiger partial charge on any atom is 0.272 e. The first-order valence-corrected chi connectivity index (χ1v) is 9.39. The monoisotopic (exact) mass is 370 g/mol. The summed E-state index contributed by atoms with van der Waals surface area (Å²) in [5.74, 6) is 0.237. The van der Waals surface area contributed by atoms with Crippen LogP contribution in [0.25, 0.3) is 11.0 Å². The largest absolute Gasteiger partial charge is 0.338 e. The van der Waals surface area contributed by atoms with Crippen molar-refractivity contribution in [2.75, 3.05) is 7.05 Å². The predicted molar refractivity (Wildman–Crippen MR) is 103 cm³/mol. The number of nitrogens with zero attached hydrogens (tertiary/aromatic N) is 4. The quantitative estimate of drug-likeness (QED) is 0.692. The summed E-state index contributed by atoms with van der Waals surface area (Å²) in [4.78, 5) is 35.7. The lowest BCUT2D eigenvalue weighted by Crippen LogP contribution is -2.34. The molecule has 3 aromatic rings. The van der Waals surface area contributed by atoms with Crippen molar-refractivity contribution in [2.45, 2.75) is 39.8 Å². The summed E-state index contributed by atoms with van der Waals surface area (Å²) >= 11 is 1.61. The summed E-state index contributed by atoms with van der Waals surface area (Å²) < 4.78 is 1.50. The predicted octanol–water partition coefficient (Wildman–Crippen LogP) is 2.94. The summed E-state index contributed by atoms with van der Waals surface area (Å²) in [6.45, 7) is 6.28. The van der Waals surface area contributed by atoms with Crippen LogP contribution in [0.5, 0.6) is 0 Å². The van der Waals surface area contributed by atoms with E-state index in [4.69, 9.17) is 0 Å². The number of hydrogen-bond acceptors (Lipinski definition) is 5. The zero-order valence-electron chi connectivity index (χ0n) is 15.4. The molecule has 26 heavy (non-hydrogen) atoms. The standard InChI is InChI=1S/C19H22N4O2S/c1-12(2)18-21-14(11-26-18)9-22(4)17(24)10-23-16-8-6-5-7-15(16)20-13(3)19(23)25/h5-8,11-12H,9-10H2,1-4H3. The molecule has 6 nitrogen and oxygen atoms in total. The minimum atomic E-state index is -0.235. The summed E-state index contributed by atoms with van der Waals surface area (Å²) in [5.41, 5.74) is 2.40. The molecule has 0 spiro atoms. The Morgan fingerprint density at radius 1 is 1.27 bits per heavy atom. The molecule has 2 aromatic heterocycles. The van der Waals surface area contributed by atoms with Gasteiger partial charge in [0.05, 0.1) is 28.3 Å². The number of carbonyl (C=O) groups excluding carboxylic acids is 1. The SMILES string of the molecule is Cc1nc2ccccc2n(CC(=O)N(C)Cc2csc(C(C)C)n2)c1=O. The molecule has 0 radical (unpaired) electrons. The number of thiazole rings is 1. The van der Waals surface area contributed by atoms with Gasteiger partial charge >= 0.3 is 0 Å². The van der Waals surface area contributed by atoms with E-state index >= 15 is 0 Å². The average molecular weight is 370 g/mol. The van der Waals surface area contributed by atoms with Crippen LogP contribution >= 0.6 is 11.3 Å². The third-order valence-electron chi connectivity index (χ3n) is 4.20. The van der Waals surface area contributed by atoms with Crippen LogP contribution in [0.15, 0.2) is 34.4 Å². The fourth-order valence-electron chi connectivity index (χ4n) is 2.72. The minimum absolute atomic E-state index is 0.0135. The van der Waals surface area contributed by atoms with Crippen molar-refractivity contribution in [3.05, 3.63) is 56.4 Å². The number of likely N-dealkylation sites (N-methyl/N-ethyl adjacent to an activating group) is 1. The molecule has 7 heteroatoms. The maximum absolute atomic E-state index is 12.7. The number of amides is 1. The molecular formula is C19H22N4O2S. The third-order valence-corrected chi connectivity index (χ3v) is 5.39. The van der Waals surface area contributed by atoms with Crippen LogP contribution in [0.4, 0.5) is 0 Å². The molecule has 2 heterocycles. The average Bonchev–Trinajstić information content (AvgIpc) is 3.07. The van der Waals surface area contributed by atoms with Gasteiger partial charge in [0.15, 0.2) is 0 Å². The van der Waals surface area contributed by atoms with Gasteiger partial charge in [-0.05, 0) is 19.1 Å². The number of carbonyl (C=O) groups is 1. The fourth-order valence-corrected chi connectivity index (χ4v) is 3.55. The number of rotatable bonds is 5. The molecule has 0 unspecified atom stereocenters. The highest BCUT2D eigenvalue weighted by atomic mass is 32.1. The van der Waals surface area contributed by atoms with Crippen LogP contribution in [0, 0.1) is 6.92 Å². The zero-order valence-corrected chi connectivity index (χ0v) is 16.2. The molecule has 0 aliphatic heterocycles. The normalized spacial score (nSPS) is 11.3.